The largest absolute Gasteiger partial charge is 0.0843 e. The third-order valence-corrected chi connectivity index (χ3v) is 3.28. The number of hydrogen-bond donors (Lipinski definition) is 0. The monoisotopic (exact) mass is 194 g/mol. The molecular weight excluding hydrogens is 180 g/mol. The molecule has 0 heterocycles. The van der Waals surface area contributed by atoms with Crippen molar-refractivity contribution in [3.63, 3.8) is 0 Å². The van der Waals surface area contributed by atoms with E-state index in [9.17, 15) is 0 Å². The van der Waals surface area contributed by atoms with Crippen LogP contribution in [-0.2, 0) is 11.8 Å². The van der Waals surface area contributed by atoms with Crippen molar-refractivity contribution in [1.29, 1.82) is 0 Å². The molecule has 1 heteroatoms. The molecule has 13 heavy (non-hydrogen) atoms. The molecule has 0 aromatic heterocycles. The fraction of sp³-hybridized carbons (Fsp3) is 0.500. The van der Waals surface area contributed by atoms with Crippen molar-refractivity contribution in [2.75, 3.05) is 0 Å². The highest BCUT2D eigenvalue weighted by molar-refractivity contribution is 6.30. The summed E-state index contributed by atoms with van der Waals surface area (Å²) in [5.74, 6) is 0. The van der Waals surface area contributed by atoms with Gasteiger partial charge in [-0.3, -0.25) is 0 Å². The van der Waals surface area contributed by atoms with Gasteiger partial charge in [0.1, 0.15) is 0 Å². The van der Waals surface area contributed by atoms with Gasteiger partial charge in [0.05, 0.1) is 0 Å². The summed E-state index contributed by atoms with van der Waals surface area (Å²) in [6.07, 6.45) is 3.80. The average molecular weight is 195 g/mol. The maximum absolute atomic E-state index is 6.00. The van der Waals surface area contributed by atoms with E-state index in [0.29, 0.717) is 5.41 Å². The highest BCUT2D eigenvalue weighted by Gasteiger charge is 2.26. The molecule has 1 aromatic carbocycles. The lowest BCUT2D eigenvalue weighted by molar-refractivity contribution is 0.432. The topological polar surface area (TPSA) is 0 Å². The SMILES string of the molecule is CC1(C)CCCc2ccc(Cl)cc21. The molecule has 0 N–H and O–H groups in total. The van der Waals surface area contributed by atoms with E-state index in [1.165, 1.54) is 30.4 Å². The molecular formula is C12H15Cl. The van der Waals surface area contributed by atoms with Crippen LogP contribution in [-0.4, -0.2) is 0 Å². The molecule has 0 spiro atoms. The Morgan fingerprint density at radius 1 is 1.31 bits per heavy atom. The van der Waals surface area contributed by atoms with E-state index < -0.39 is 0 Å². The number of halogens is 1. The quantitative estimate of drug-likeness (QED) is 0.587. The summed E-state index contributed by atoms with van der Waals surface area (Å²) in [6.45, 7) is 4.61. The van der Waals surface area contributed by atoms with E-state index in [4.69, 9.17) is 11.6 Å². The van der Waals surface area contributed by atoms with E-state index in [-0.39, 0.29) is 0 Å². The summed E-state index contributed by atoms with van der Waals surface area (Å²) >= 11 is 6.00. The Bertz CT molecular complexity index is 326. The molecule has 0 aliphatic heterocycles. The van der Waals surface area contributed by atoms with Crippen molar-refractivity contribution in [3.05, 3.63) is 34.3 Å². The van der Waals surface area contributed by atoms with Gasteiger partial charge in [-0.2, -0.15) is 0 Å². The number of hydrogen-bond acceptors (Lipinski definition) is 0. The van der Waals surface area contributed by atoms with Crippen molar-refractivity contribution >= 4 is 11.6 Å². The lowest BCUT2D eigenvalue weighted by atomic mass is 9.73. The van der Waals surface area contributed by atoms with Gasteiger partial charge in [0.2, 0.25) is 0 Å². The lowest BCUT2D eigenvalue weighted by Gasteiger charge is -2.32. The number of rotatable bonds is 0. The Kier molecular flexibility index (Phi) is 2.11. The molecule has 70 valence electrons. The van der Waals surface area contributed by atoms with Crippen LogP contribution >= 0.6 is 11.6 Å². The average Bonchev–Trinajstić information content (AvgIpc) is 2.06. The first kappa shape index (κ1) is 9.08. The van der Waals surface area contributed by atoms with Gasteiger partial charge in [0.15, 0.2) is 0 Å². The zero-order valence-corrected chi connectivity index (χ0v) is 8.99. The number of benzene rings is 1. The van der Waals surface area contributed by atoms with E-state index in [0.717, 1.165) is 5.02 Å². The summed E-state index contributed by atoms with van der Waals surface area (Å²) < 4.78 is 0. The Hall–Kier alpha value is -0.490. The minimum Gasteiger partial charge on any atom is -0.0843 e. The molecule has 0 bridgehead atoms. The summed E-state index contributed by atoms with van der Waals surface area (Å²) in [5.41, 5.74) is 3.25. The highest BCUT2D eigenvalue weighted by atomic mass is 35.5. The second-order valence-corrected chi connectivity index (χ2v) is 4.98. The van der Waals surface area contributed by atoms with Gasteiger partial charge in [-0.05, 0) is 47.9 Å². The van der Waals surface area contributed by atoms with Gasteiger partial charge in [-0.25, -0.2) is 0 Å². The van der Waals surface area contributed by atoms with E-state index >= 15 is 0 Å². The van der Waals surface area contributed by atoms with Crippen LogP contribution in [0.25, 0.3) is 0 Å². The third kappa shape index (κ3) is 1.60. The molecule has 0 radical (unpaired) electrons. The van der Waals surface area contributed by atoms with Crippen LogP contribution in [0.15, 0.2) is 18.2 Å². The predicted molar refractivity (Wildman–Crippen MR) is 57.4 cm³/mol. The Morgan fingerprint density at radius 2 is 2.08 bits per heavy atom. The molecule has 2 rings (SSSR count). The van der Waals surface area contributed by atoms with Crippen LogP contribution in [0.3, 0.4) is 0 Å². The lowest BCUT2D eigenvalue weighted by Crippen LogP contribution is -2.23. The van der Waals surface area contributed by atoms with Gasteiger partial charge in [0.25, 0.3) is 0 Å². The van der Waals surface area contributed by atoms with E-state index in [1.54, 1.807) is 0 Å². The minimum atomic E-state index is 0.318. The molecule has 0 fully saturated rings. The van der Waals surface area contributed by atoms with Crippen molar-refractivity contribution in [3.8, 4) is 0 Å². The van der Waals surface area contributed by atoms with Gasteiger partial charge in [0, 0.05) is 5.02 Å². The molecule has 1 aromatic rings. The van der Waals surface area contributed by atoms with Crippen LogP contribution in [0.2, 0.25) is 5.02 Å². The Balaban J connectivity index is 2.55. The highest BCUT2D eigenvalue weighted by Crippen LogP contribution is 2.37. The predicted octanol–water partition coefficient (Wildman–Crippen LogP) is 3.95. The van der Waals surface area contributed by atoms with Gasteiger partial charge in [-0.15, -0.1) is 0 Å². The molecule has 0 amide bonds. The first-order chi connectivity index (χ1) is 6.09. The van der Waals surface area contributed by atoms with Crippen molar-refractivity contribution < 1.29 is 0 Å². The van der Waals surface area contributed by atoms with E-state index in [1.807, 2.05) is 6.07 Å². The molecule has 0 atom stereocenters. The van der Waals surface area contributed by atoms with Crippen LogP contribution in [0.1, 0.15) is 37.8 Å². The summed E-state index contributed by atoms with van der Waals surface area (Å²) in [7, 11) is 0. The first-order valence-corrected chi connectivity index (χ1v) is 5.26. The standard InChI is InChI=1S/C12H15Cl/c1-12(2)7-3-4-9-5-6-10(13)8-11(9)12/h5-6,8H,3-4,7H2,1-2H3. The third-order valence-electron chi connectivity index (χ3n) is 3.05. The van der Waals surface area contributed by atoms with Crippen LogP contribution < -0.4 is 0 Å². The minimum absolute atomic E-state index is 0.318. The molecule has 0 saturated carbocycles. The van der Waals surface area contributed by atoms with Crippen LogP contribution in [0.5, 0.6) is 0 Å². The van der Waals surface area contributed by atoms with E-state index in [2.05, 4.69) is 26.0 Å². The second-order valence-electron chi connectivity index (χ2n) is 4.54. The number of aryl methyl sites for hydroxylation is 1. The Labute approximate surface area is 84.9 Å². The van der Waals surface area contributed by atoms with Gasteiger partial charge < -0.3 is 0 Å². The Morgan fingerprint density at radius 3 is 2.85 bits per heavy atom. The van der Waals surface area contributed by atoms with Crippen LogP contribution in [0.4, 0.5) is 0 Å². The molecule has 0 unspecified atom stereocenters. The molecule has 1 aliphatic carbocycles. The maximum Gasteiger partial charge on any atom is 0.0409 e. The van der Waals surface area contributed by atoms with Crippen molar-refractivity contribution in [1.82, 2.24) is 0 Å². The molecule has 0 nitrogen and oxygen atoms in total. The van der Waals surface area contributed by atoms with Crippen LogP contribution in [0, 0.1) is 0 Å². The second kappa shape index (κ2) is 3.02. The van der Waals surface area contributed by atoms with Crippen molar-refractivity contribution in [2.45, 2.75) is 38.5 Å². The maximum atomic E-state index is 6.00. The fourth-order valence-corrected chi connectivity index (χ4v) is 2.42. The first-order valence-electron chi connectivity index (χ1n) is 4.88. The fourth-order valence-electron chi connectivity index (χ4n) is 2.25. The smallest absolute Gasteiger partial charge is 0.0409 e. The summed E-state index contributed by atoms with van der Waals surface area (Å²) in [5, 5.41) is 0.869. The zero-order valence-electron chi connectivity index (χ0n) is 8.23. The summed E-state index contributed by atoms with van der Waals surface area (Å²) in [4.78, 5) is 0. The number of fused-ring (bicyclic) bond motifs is 1. The molecule has 1 aliphatic rings. The zero-order chi connectivity index (χ0) is 9.47. The van der Waals surface area contributed by atoms with Crippen molar-refractivity contribution in [2.24, 2.45) is 0 Å². The normalized spacial score (nSPS) is 19.6. The summed E-state index contributed by atoms with van der Waals surface area (Å²) in [6, 6.07) is 6.32. The van der Waals surface area contributed by atoms with Gasteiger partial charge in [-0.1, -0.05) is 31.5 Å². The molecule has 0 saturated heterocycles. The van der Waals surface area contributed by atoms with Gasteiger partial charge >= 0.3 is 0 Å².